The van der Waals surface area contributed by atoms with Gasteiger partial charge in [-0.2, -0.15) is 18.3 Å². The second-order valence-electron chi connectivity index (χ2n) is 11.2. The van der Waals surface area contributed by atoms with E-state index in [1.54, 1.807) is 12.3 Å². The molecule has 1 saturated heterocycles. The van der Waals surface area contributed by atoms with Crippen LogP contribution in [0.15, 0.2) is 61.1 Å². The summed E-state index contributed by atoms with van der Waals surface area (Å²) in [7, 11) is 0. The van der Waals surface area contributed by atoms with Crippen LogP contribution in [-0.2, 0) is 21.5 Å². The van der Waals surface area contributed by atoms with Gasteiger partial charge in [0.05, 0.1) is 29.3 Å². The van der Waals surface area contributed by atoms with Gasteiger partial charge in [0, 0.05) is 37.8 Å². The molecule has 13 heteroatoms. The van der Waals surface area contributed by atoms with Crippen LogP contribution in [0.1, 0.15) is 37.9 Å². The first kappa shape index (κ1) is 32.1. The van der Waals surface area contributed by atoms with Crippen molar-refractivity contribution in [3.05, 3.63) is 78.1 Å². The van der Waals surface area contributed by atoms with Crippen LogP contribution in [0, 0.1) is 11.7 Å². The van der Waals surface area contributed by atoms with Crippen molar-refractivity contribution in [1.29, 1.82) is 0 Å². The van der Waals surface area contributed by atoms with Crippen LogP contribution >= 0.6 is 0 Å². The van der Waals surface area contributed by atoms with Crippen LogP contribution in [-0.4, -0.2) is 76.4 Å². The molecule has 2 unspecified atom stereocenters. The molecule has 0 saturated carbocycles. The van der Waals surface area contributed by atoms with Gasteiger partial charge in [0.15, 0.2) is 0 Å². The minimum atomic E-state index is -4.48. The summed E-state index contributed by atoms with van der Waals surface area (Å²) in [6.45, 7) is 4.14. The molecule has 0 radical (unpaired) electrons. The molecule has 43 heavy (non-hydrogen) atoms. The first-order chi connectivity index (χ1) is 20.4. The van der Waals surface area contributed by atoms with E-state index in [1.165, 1.54) is 16.9 Å². The van der Waals surface area contributed by atoms with Crippen molar-refractivity contribution in [3.63, 3.8) is 0 Å². The highest BCUT2D eigenvalue weighted by molar-refractivity contribution is 5.82. The fourth-order valence-electron chi connectivity index (χ4n) is 5.14. The van der Waals surface area contributed by atoms with Gasteiger partial charge in [0.1, 0.15) is 18.4 Å². The smallest absolute Gasteiger partial charge is 0.346 e. The molecule has 2 atom stereocenters. The third-order valence-electron chi connectivity index (χ3n) is 7.43. The minimum Gasteiger partial charge on any atom is -0.346 e. The summed E-state index contributed by atoms with van der Waals surface area (Å²) in [4.78, 5) is 31.9. The standard InChI is InChI=1S/C30H37F4N7O2/c1-29(2,26-10-13-41(39-26)24-16-23(31)17-36-18-24)38-27(42)22(15-21-7-4-3-5-8-21)9-6-12-40-14-11-35-19-25(40)28(43)37-20-30(32,33)34/h3-5,7-8,10,13,16-18,22,25,35H,6,9,11-12,14-15,19-20H2,1-2H3,(H,37,43)(H,38,42). The normalized spacial score (nSPS) is 16.9. The Balaban J connectivity index is 1.42. The molecule has 2 amide bonds. The fourth-order valence-corrected chi connectivity index (χ4v) is 5.14. The summed E-state index contributed by atoms with van der Waals surface area (Å²) in [5.41, 5.74) is 1.18. The molecule has 1 aromatic carbocycles. The summed E-state index contributed by atoms with van der Waals surface area (Å²) in [5.74, 6) is -1.73. The van der Waals surface area contributed by atoms with Crippen LogP contribution in [0.2, 0.25) is 0 Å². The third kappa shape index (κ3) is 9.32. The molecule has 1 fully saturated rings. The molecule has 9 nitrogen and oxygen atoms in total. The Hall–Kier alpha value is -3.84. The number of nitrogens with zero attached hydrogens (tertiary/aromatic N) is 4. The number of hydrogen-bond acceptors (Lipinski definition) is 6. The van der Waals surface area contributed by atoms with E-state index in [-0.39, 0.29) is 12.5 Å². The average Bonchev–Trinajstić information content (AvgIpc) is 3.47. The molecule has 0 bridgehead atoms. The van der Waals surface area contributed by atoms with Crippen LogP contribution < -0.4 is 16.0 Å². The number of hydrogen-bond donors (Lipinski definition) is 3. The third-order valence-corrected chi connectivity index (χ3v) is 7.43. The Morgan fingerprint density at radius 2 is 1.91 bits per heavy atom. The number of amides is 2. The lowest BCUT2D eigenvalue weighted by atomic mass is 9.91. The van der Waals surface area contributed by atoms with Crippen LogP contribution in [0.25, 0.3) is 5.69 Å². The summed E-state index contributed by atoms with van der Waals surface area (Å²) < 4.78 is 53.1. The molecule has 4 rings (SSSR count). The van der Waals surface area contributed by atoms with E-state index in [9.17, 15) is 27.2 Å². The van der Waals surface area contributed by atoms with E-state index >= 15 is 0 Å². The maximum absolute atomic E-state index is 13.7. The number of halogens is 4. The molecule has 0 aliphatic carbocycles. The molecule has 1 aliphatic heterocycles. The lowest BCUT2D eigenvalue weighted by molar-refractivity contribution is -0.142. The number of piperazine rings is 1. The first-order valence-corrected chi connectivity index (χ1v) is 14.2. The first-order valence-electron chi connectivity index (χ1n) is 14.2. The average molecular weight is 604 g/mol. The quantitative estimate of drug-likeness (QED) is 0.275. The van der Waals surface area contributed by atoms with Gasteiger partial charge in [-0.1, -0.05) is 30.3 Å². The topological polar surface area (TPSA) is 104 Å². The zero-order chi connectivity index (χ0) is 31.0. The molecule has 3 aromatic rings. The van der Waals surface area contributed by atoms with Crippen molar-refractivity contribution >= 4 is 11.8 Å². The van der Waals surface area contributed by atoms with Gasteiger partial charge < -0.3 is 16.0 Å². The van der Waals surface area contributed by atoms with Gasteiger partial charge in [-0.25, -0.2) is 9.07 Å². The van der Waals surface area contributed by atoms with E-state index in [1.807, 2.05) is 54.4 Å². The van der Waals surface area contributed by atoms with Crippen molar-refractivity contribution in [2.75, 3.05) is 32.7 Å². The molecule has 2 aromatic heterocycles. The molecule has 1 aliphatic rings. The Kier molecular flexibility index (Phi) is 10.5. The molecule has 232 valence electrons. The van der Waals surface area contributed by atoms with Crippen molar-refractivity contribution in [2.45, 2.75) is 50.9 Å². The summed E-state index contributed by atoms with van der Waals surface area (Å²) >= 11 is 0. The maximum atomic E-state index is 13.7. The lowest BCUT2D eigenvalue weighted by Crippen LogP contribution is -2.58. The predicted molar refractivity (Wildman–Crippen MR) is 153 cm³/mol. The zero-order valence-corrected chi connectivity index (χ0v) is 24.2. The van der Waals surface area contributed by atoms with Crippen LogP contribution in [0.3, 0.4) is 0 Å². The number of rotatable bonds is 12. The number of pyridine rings is 1. The fraction of sp³-hybridized carbons (Fsp3) is 0.467. The number of aromatic nitrogens is 3. The van der Waals surface area contributed by atoms with E-state index in [2.05, 4.69) is 20.7 Å². The number of carbonyl (C=O) groups is 2. The maximum Gasteiger partial charge on any atom is 0.405 e. The van der Waals surface area contributed by atoms with Crippen LogP contribution in [0.5, 0.6) is 0 Å². The molecule has 0 spiro atoms. The van der Waals surface area contributed by atoms with Gasteiger partial charge in [0.25, 0.3) is 0 Å². The van der Waals surface area contributed by atoms with E-state index < -0.39 is 41.9 Å². The zero-order valence-electron chi connectivity index (χ0n) is 24.2. The second kappa shape index (κ2) is 14.1. The molecular formula is C30H37F4N7O2. The number of benzene rings is 1. The van der Waals surface area contributed by atoms with Gasteiger partial charge in [-0.05, 0) is 51.3 Å². The van der Waals surface area contributed by atoms with E-state index in [0.717, 1.165) is 11.8 Å². The van der Waals surface area contributed by atoms with Crippen molar-refractivity contribution in [3.8, 4) is 5.69 Å². The van der Waals surface area contributed by atoms with Crippen molar-refractivity contribution in [1.82, 2.24) is 35.6 Å². The highest BCUT2D eigenvalue weighted by Crippen LogP contribution is 2.23. The highest BCUT2D eigenvalue weighted by atomic mass is 19.4. The minimum absolute atomic E-state index is 0.171. The van der Waals surface area contributed by atoms with Crippen molar-refractivity contribution in [2.24, 2.45) is 5.92 Å². The van der Waals surface area contributed by atoms with Gasteiger partial charge in [-0.3, -0.25) is 19.5 Å². The Labute approximate surface area is 248 Å². The monoisotopic (exact) mass is 603 g/mol. The van der Waals surface area contributed by atoms with Crippen molar-refractivity contribution < 1.29 is 27.2 Å². The summed E-state index contributed by atoms with van der Waals surface area (Å²) in [5, 5.41) is 12.7. The van der Waals surface area contributed by atoms with Gasteiger partial charge in [0.2, 0.25) is 11.8 Å². The lowest BCUT2D eigenvalue weighted by Gasteiger charge is -2.35. The van der Waals surface area contributed by atoms with Crippen LogP contribution in [0.4, 0.5) is 17.6 Å². The Morgan fingerprint density at radius 1 is 1.14 bits per heavy atom. The predicted octanol–water partition coefficient (Wildman–Crippen LogP) is 3.35. The SMILES string of the molecule is CC(C)(NC(=O)C(CCCN1CCNCC1C(=O)NCC(F)(F)F)Cc1ccccc1)c1ccn(-c2cncc(F)c2)n1. The Bertz CT molecular complexity index is 1360. The second-order valence-corrected chi connectivity index (χ2v) is 11.2. The number of alkyl halides is 3. The number of nitrogens with one attached hydrogen (secondary N) is 3. The van der Waals surface area contributed by atoms with E-state index in [0.29, 0.717) is 50.3 Å². The highest BCUT2D eigenvalue weighted by Gasteiger charge is 2.34. The van der Waals surface area contributed by atoms with Gasteiger partial charge >= 0.3 is 6.18 Å². The Morgan fingerprint density at radius 3 is 2.63 bits per heavy atom. The molecular weight excluding hydrogens is 566 g/mol. The molecule has 3 heterocycles. The summed E-state index contributed by atoms with van der Waals surface area (Å²) in [6, 6.07) is 12.0. The summed E-state index contributed by atoms with van der Waals surface area (Å²) in [6.07, 6.45) is 1.35. The van der Waals surface area contributed by atoms with Gasteiger partial charge in [-0.15, -0.1) is 0 Å². The van der Waals surface area contributed by atoms with E-state index in [4.69, 9.17) is 0 Å². The largest absolute Gasteiger partial charge is 0.405 e. The number of carbonyl (C=O) groups excluding carboxylic acids is 2. The molecule has 3 N–H and O–H groups in total.